The van der Waals surface area contributed by atoms with Gasteiger partial charge >= 0.3 is 0 Å². The van der Waals surface area contributed by atoms with Crippen LogP contribution in [0, 0.1) is 0 Å². The Hall–Kier alpha value is -1.28. The molecule has 0 heterocycles. The first-order valence-electron chi connectivity index (χ1n) is 5.32. The third-order valence-corrected chi connectivity index (χ3v) is 2.72. The minimum atomic E-state index is 0.218. The molecule has 0 aliphatic heterocycles. The summed E-state index contributed by atoms with van der Waals surface area (Å²) < 4.78 is 5.59. The Morgan fingerprint density at radius 1 is 1.60 bits per heavy atom. The summed E-state index contributed by atoms with van der Waals surface area (Å²) in [6.45, 7) is 6.36. The zero-order valence-corrected chi connectivity index (χ0v) is 9.12. The SMILES string of the molecule is C=C(C)COc1ccc2c(c1)CC[C@@H]2N. The van der Waals surface area contributed by atoms with E-state index in [0.717, 1.165) is 24.2 Å². The predicted molar refractivity (Wildman–Crippen MR) is 62.0 cm³/mol. The number of rotatable bonds is 3. The first-order valence-corrected chi connectivity index (χ1v) is 5.32. The summed E-state index contributed by atoms with van der Waals surface area (Å²) in [5, 5.41) is 0. The highest BCUT2D eigenvalue weighted by Gasteiger charge is 2.18. The van der Waals surface area contributed by atoms with Crippen molar-refractivity contribution in [2.75, 3.05) is 6.61 Å². The lowest BCUT2D eigenvalue weighted by Gasteiger charge is -2.09. The van der Waals surface area contributed by atoms with E-state index in [-0.39, 0.29) is 6.04 Å². The predicted octanol–water partition coefficient (Wildman–Crippen LogP) is 2.59. The van der Waals surface area contributed by atoms with Gasteiger partial charge in [-0.2, -0.15) is 0 Å². The third kappa shape index (κ3) is 2.21. The van der Waals surface area contributed by atoms with Crippen LogP contribution in [0.4, 0.5) is 0 Å². The van der Waals surface area contributed by atoms with Crippen LogP contribution in [0.25, 0.3) is 0 Å². The number of hydrogen-bond donors (Lipinski definition) is 1. The summed E-state index contributed by atoms with van der Waals surface area (Å²) in [6.07, 6.45) is 2.13. The molecule has 2 N–H and O–H groups in total. The first kappa shape index (κ1) is 10.2. The Balaban J connectivity index is 2.12. The molecule has 15 heavy (non-hydrogen) atoms. The standard InChI is InChI=1S/C13H17NO/c1-9(2)8-15-11-4-5-12-10(7-11)3-6-13(12)14/h4-5,7,13H,1,3,6,8,14H2,2H3/t13-/m0/s1. The molecule has 0 saturated heterocycles. The second-order valence-corrected chi connectivity index (χ2v) is 4.25. The van der Waals surface area contributed by atoms with Gasteiger partial charge in [0.15, 0.2) is 0 Å². The Bertz CT molecular complexity index is 384. The van der Waals surface area contributed by atoms with E-state index in [2.05, 4.69) is 18.7 Å². The molecule has 0 bridgehead atoms. The Labute approximate surface area is 90.7 Å². The van der Waals surface area contributed by atoms with Crippen molar-refractivity contribution in [3.63, 3.8) is 0 Å². The van der Waals surface area contributed by atoms with Crippen molar-refractivity contribution < 1.29 is 4.74 Å². The van der Waals surface area contributed by atoms with Crippen molar-refractivity contribution in [2.24, 2.45) is 5.73 Å². The topological polar surface area (TPSA) is 35.2 Å². The van der Waals surface area contributed by atoms with Crippen molar-refractivity contribution in [2.45, 2.75) is 25.8 Å². The van der Waals surface area contributed by atoms with Crippen LogP contribution >= 0.6 is 0 Å². The summed E-state index contributed by atoms with van der Waals surface area (Å²) in [4.78, 5) is 0. The van der Waals surface area contributed by atoms with Gasteiger partial charge in [0.1, 0.15) is 12.4 Å². The smallest absolute Gasteiger partial charge is 0.120 e. The number of aryl methyl sites for hydroxylation is 1. The number of ether oxygens (including phenoxy) is 1. The summed E-state index contributed by atoms with van der Waals surface area (Å²) in [5.41, 5.74) is 9.61. The van der Waals surface area contributed by atoms with Crippen LogP contribution in [-0.4, -0.2) is 6.61 Å². The van der Waals surface area contributed by atoms with Crippen LogP contribution in [0.1, 0.15) is 30.5 Å². The lowest BCUT2D eigenvalue weighted by Crippen LogP contribution is -2.05. The summed E-state index contributed by atoms with van der Waals surface area (Å²) >= 11 is 0. The molecule has 0 fully saturated rings. The van der Waals surface area contributed by atoms with Crippen LogP contribution in [-0.2, 0) is 6.42 Å². The molecule has 2 nitrogen and oxygen atoms in total. The third-order valence-electron chi connectivity index (χ3n) is 2.72. The molecule has 0 spiro atoms. The average molecular weight is 203 g/mol. The van der Waals surface area contributed by atoms with E-state index in [1.165, 1.54) is 11.1 Å². The summed E-state index contributed by atoms with van der Waals surface area (Å²) in [5.74, 6) is 0.922. The lowest BCUT2D eigenvalue weighted by atomic mass is 10.1. The second kappa shape index (κ2) is 4.07. The molecule has 0 amide bonds. The Kier molecular flexibility index (Phi) is 2.78. The zero-order valence-electron chi connectivity index (χ0n) is 9.12. The highest BCUT2D eigenvalue weighted by atomic mass is 16.5. The van der Waals surface area contributed by atoms with E-state index >= 15 is 0 Å². The number of hydrogen-bond acceptors (Lipinski definition) is 2. The van der Waals surface area contributed by atoms with Gasteiger partial charge in [0, 0.05) is 6.04 Å². The molecular formula is C13H17NO. The van der Waals surface area contributed by atoms with Gasteiger partial charge in [0.2, 0.25) is 0 Å². The van der Waals surface area contributed by atoms with Crippen LogP contribution < -0.4 is 10.5 Å². The molecule has 0 aromatic heterocycles. The highest BCUT2D eigenvalue weighted by molar-refractivity contribution is 5.40. The van der Waals surface area contributed by atoms with Crippen molar-refractivity contribution in [1.82, 2.24) is 0 Å². The van der Waals surface area contributed by atoms with E-state index < -0.39 is 0 Å². The fourth-order valence-electron chi connectivity index (χ4n) is 1.92. The van der Waals surface area contributed by atoms with Crippen LogP contribution in [0.15, 0.2) is 30.4 Å². The molecule has 2 heteroatoms. The van der Waals surface area contributed by atoms with Gasteiger partial charge in [-0.1, -0.05) is 12.6 Å². The average Bonchev–Trinajstić information content (AvgIpc) is 2.57. The molecule has 80 valence electrons. The fraction of sp³-hybridized carbons (Fsp3) is 0.385. The molecule has 1 atom stereocenters. The Morgan fingerprint density at radius 3 is 3.13 bits per heavy atom. The Morgan fingerprint density at radius 2 is 2.40 bits per heavy atom. The zero-order chi connectivity index (χ0) is 10.8. The molecule has 0 saturated carbocycles. The van der Waals surface area contributed by atoms with Gasteiger partial charge in [0.25, 0.3) is 0 Å². The van der Waals surface area contributed by atoms with Gasteiger partial charge in [0.05, 0.1) is 0 Å². The van der Waals surface area contributed by atoms with Crippen molar-refractivity contribution in [3.8, 4) is 5.75 Å². The normalized spacial score (nSPS) is 18.7. The van der Waals surface area contributed by atoms with Crippen LogP contribution in [0.2, 0.25) is 0 Å². The lowest BCUT2D eigenvalue weighted by molar-refractivity contribution is 0.352. The second-order valence-electron chi connectivity index (χ2n) is 4.25. The largest absolute Gasteiger partial charge is 0.489 e. The number of fused-ring (bicyclic) bond motifs is 1. The monoisotopic (exact) mass is 203 g/mol. The van der Waals surface area contributed by atoms with E-state index in [0.29, 0.717) is 6.61 Å². The molecule has 1 aromatic rings. The fourth-order valence-corrected chi connectivity index (χ4v) is 1.92. The van der Waals surface area contributed by atoms with Crippen molar-refractivity contribution in [3.05, 3.63) is 41.5 Å². The van der Waals surface area contributed by atoms with Gasteiger partial charge in [-0.05, 0) is 48.6 Å². The highest BCUT2D eigenvalue weighted by Crippen LogP contribution is 2.31. The summed E-state index contributed by atoms with van der Waals surface area (Å²) in [7, 11) is 0. The van der Waals surface area contributed by atoms with E-state index in [1.54, 1.807) is 0 Å². The molecule has 0 radical (unpaired) electrons. The van der Waals surface area contributed by atoms with Crippen molar-refractivity contribution >= 4 is 0 Å². The quantitative estimate of drug-likeness (QED) is 0.766. The van der Waals surface area contributed by atoms with Crippen LogP contribution in [0.5, 0.6) is 5.75 Å². The van der Waals surface area contributed by atoms with Gasteiger partial charge in [-0.3, -0.25) is 0 Å². The molecule has 0 unspecified atom stereocenters. The molecule has 2 rings (SSSR count). The van der Waals surface area contributed by atoms with Crippen LogP contribution in [0.3, 0.4) is 0 Å². The number of nitrogens with two attached hydrogens (primary N) is 1. The van der Waals surface area contributed by atoms with E-state index in [4.69, 9.17) is 10.5 Å². The van der Waals surface area contributed by atoms with Gasteiger partial charge in [-0.15, -0.1) is 0 Å². The van der Waals surface area contributed by atoms with E-state index in [9.17, 15) is 0 Å². The van der Waals surface area contributed by atoms with Gasteiger partial charge < -0.3 is 10.5 Å². The minimum Gasteiger partial charge on any atom is -0.489 e. The maximum absolute atomic E-state index is 5.96. The van der Waals surface area contributed by atoms with Gasteiger partial charge in [-0.25, -0.2) is 0 Å². The molecule has 1 aliphatic rings. The van der Waals surface area contributed by atoms with Crippen molar-refractivity contribution in [1.29, 1.82) is 0 Å². The molecule has 1 aromatic carbocycles. The first-order chi connectivity index (χ1) is 7.16. The molecular weight excluding hydrogens is 186 g/mol. The minimum absolute atomic E-state index is 0.218. The maximum Gasteiger partial charge on any atom is 0.120 e. The summed E-state index contributed by atoms with van der Waals surface area (Å²) in [6, 6.07) is 6.40. The van der Waals surface area contributed by atoms with E-state index in [1.807, 2.05) is 13.0 Å². The maximum atomic E-state index is 5.96. The molecule has 1 aliphatic carbocycles. The number of benzene rings is 1.